The van der Waals surface area contributed by atoms with Crippen LogP contribution in [0.4, 0.5) is 0 Å². The Bertz CT molecular complexity index is 1840. The van der Waals surface area contributed by atoms with E-state index in [1.165, 1.54) is 51.6 Å². The molecule has 5 heteroatoms. The van der Waals surface area contributed by atoms with Crippen LogP contribution >= 0.6 is 0 Å². The molecule has 5 aromatic carbocycles. The van der Waals surface area contributed by atoms with E-state index >= 15 is 0 Å². The van der Waals surface area contributed by atoms with Crippen LogP contribution < -0.4 is 4.74 Å². The zero-order valence-electron chi connectivity index (χ0n) is 29.0. The van der Waals surface area contributed by atoms with Crippen LogP contribution in [0.15, 0.2) is 121 Å². The molecule has 1 N–H and O–H groups in total. The van der Waals surface area contributed by atoms with Crippen molar-refractivity contribution >= 4 is 5.97 Å². The third-order valence-electron chi connectivity index (χ3n) is 10.2. The number of aryl methyl sites for hydroxylation is 2. The Labute approximate surface area is 291 Å². The second kappa shape index (κ2) is 15.7. The molecule has 0 saturated heterocycles. The number of ether oxygens (including phenoxy) is 2. The summed E-state index contributed by atoms with van der Waals surface area (Å²) >= 11 is 0. The van der Waals surface area contributed by atoms with Crippen molar-refractivity contribution in [2.24, 2.45) is 0 Å². The van der Waals surface area contributed by atoms with Gasteiger partial charge in [-0.3, -0.25) is 4.90 Å². The van der Waals surface area contributed by atoms with Crippen molar-refractivity contribution in [2.45, 2.75) is 57.1 Å². The number of methoxy groups -OCH3 is 1. The molecular weight excluding hydrogens is 606 g/mol. The number of carbonyl (C=O) groups is 1. The minimum Gasteiger partial charge on any atom is -0.492 e. The molecule has 0 amide bonds. The zero-order chi connectivity index (χ0) is 34.3. The van der Waals surface area contributed by atoms with Gasteiger partial charge in [-0.1, -0.05) is 123 Å². The minimum atomic E-state index is -0.962. The van der Waals surface area contributed by atoms with Crippen LogP contribution in [0.2, 0.25) is 0 Å². The summed E-state index contributed by atoms with van der Waals surface area (Å²) in [5, 5.41) is 9.33. The fourth-order valence-corrected chi connectivity index (χ4v) is 7.17. The van der Waals surface area contributed by atoms with Gasteiger partial charge < -0.3 is 14.6 Å². The first-order valence-electron chi connectivity index (χ1n) is 17.3. The number of hydrogen-bond donors (Lipinski definition) is 1. The lowest BCUT2D eigenvalue weighted by Crippen LogP contribution is -2.30. The van der Waals surface area contributed by atoms with E-state index in [2.05, 4.69) is 123 Å². The SMILES string of the molecule is COC(Cc1ccc(OCCN(C)C2c3ccc(C(C)c4ccccc4)cc3CCc3ccc(C(C)c4ccccc4)cc32)cc1)C(=O)O. The Morgan fingerprint density at radius 3 is 1.94 bits per heavy atom. The number of hydrogen-bond acceptors (Lipinski definition) is 4. The summed E-state index contributed by atoms with van der Waals surface area (Å²) in [6.45, 7) is 5.86. The van der Waals surface area contributed by atoms with Crippen molar-refractivity contribution in [1.29, 1.82) is 0 Å². The van der Waals surface area contributed by atoms with Gasteiger partial charge in [0.2, 0.25) is 0 Å². The molecule has 5 nitrogen and oxygen atoms in total. The van der Waals surface area contributed by atoms with Crippen molar-refractivity contribution in [3.05, 3.63) is 171 Å². The maximum atomic E-state index is 11.4. The summed E-state index contributed by atoms with van der Waals surface area (Å²) in [7, 11) is 3.63. The molecule has 0 aromatic heterocycles. The van der Waals surface area contributed by atoms with Gasteiger partial charge in [-0.2, -0.15) is 0 Å². The smallest absolute Gasteiger partial charge is 0.333 e. The molecule has 49 heavy (non-hydrogen) atoms. The first kappa shape index (κ1) is 34.2. The summed E-state index contributed by atoms with van der Waals surface area (Å²) in [5.41, 5.74) is 11.8. The number of rotatable bonds is 13. The molecule has 6 rings (SSSR count). The summed E-state index contributed by atoms with van der Waals surface area (Å²) < 4.78 is 11.3. The van der Waals surface area contributed by atoms with Crippen LogP contribution in [0.3, 0.4) is 0 Å². The van der Waals surface area contributed by atoms with Gasteiger partial charge in [0.05, 0.1) is 6.04 Å². The van der Waals surface area contributed by atoms with Gasteiger partial charge >= 0.3 is 5.97 Å². The van der Waals surface area contributed by atoms with Crippen LogP contribution in [0.1, 0.15) is 81.8 Å². The van der Waals surface area contributed by atoms with E-state index in [0.717, 1.165) is 30.7 Å². The van der Waals surface area contributed by atoms with E-state index in [9.17, 15) is 9.90 Å². The monoisotopic (exact) mass is 653 g/mol. The quantitative estimate of drug-likeness (QED) is 0.138. The number of fused-ring (bicyclic) bond motifs is 2. The van der Waals surface area contributed by atoms with Crippen molar-refractivity contribution in [1.82, 2.24) is 4.90 Å². The third kappa shape index (κ3) is 7.96. The normalized spacial score (nSPS) is 15.8. The van der Waals surface area contributed by atoms with Gasteiger partial charge in [-0.15, -0.1) is 0 Å². The highest BCUT2D eigenvalue weighted by Gasteiger charge is 2.29. The van der Waals surface area contributed by atoms with Crippen LogP contribution in [-0.4, -0.2) is 49.4 Å². The second-order valence-electron chi connectivity index (χ2n) is 13.3. The Morgan fingerprint density at radius 2 is 1.33 bits per heavy atom. The van der Waals surface area contributed by atoms with E-state index in [1.807, 2.05) is 24.3 Å². The predicted octanol–water partition coefficient (Wildman–Crippen LogP) is 8.83. The van der Waals surface area contributed by atoms with E-state index in [1.54, 1.807) is 0 Å². The lowest BCUT2D eigenvalue weighted by molar-refractivity contribution is -0.148. The largest absolute Gasteiger partial charge is 0.492 e. The number of carboxylic acids is 1. The molecule has 0 radical (unpaired) electrons. The van der Waals surface area contributed by atoms with E-state index in [-0.39, 0.29) is 12.0 Å². The summed E-state index contributed by atoms with van der Waals surface area (Å²) in [4.78, 5) is 13.8. The van der Waals surface area contributed by atoms with Crippen LogP contribution in [0.25, 0.3) is 0 Å². The van der Waals surface area contributed by atoms with Gasteiger partial charge in [0.1, 0.15) is 12.4 Å². The molecule has 0 fully saturated rings. The van der Waals surface area contributed by atoms with Crippen LogP contribution in [-0.2, 0) is 28.8 Å². The highest BCUT2D eigenvalue weighted by molar-refractivity contribution is 5.72. The standard InChI is InChI=1S/C44H47NO4/c1-30(33-11-7-5-8-12-33)36-21-24-40-38(28-36)20-18-35-17-19-37(31(2)34-13-9-6-10-14-34)29-41(35)43(40)45(3)25-26-49-39-22-15-32(16-23-39)27-42(48-4)44(46)47/h5-17,19,21-24,28-31,42-43H,18,20,25-27H2,1-4H3,(H,46,47). The van der Waals surface area contributed by atoms with Crippen LogP contribution in [0, 0.1) is 0 Å². The molecule has 0 bridgehead atoms. The molecule has 4 atom stereocenters. The summed E-state index contributed by atoms with van der Waals surface area (Å²) in [6.07, 6.45) is 1.46. The van der Waals surface area contributed by atoms with Gasteiger partial charge in [0.25, 0.3) is 0 Å². The van der Waals surface area contributed by atoms with E-state index in [4.69, 9.17) is 9.47 Å². The average molecular weight is 654 g/mol. The van der Waals surface area contributed by atoms with Crippen LogP contribution in [0.5, 0.6) is 5.75 Å². The number of benzene rings is 5. The highest BCUT2D eigenvalue weighted by Crippen LogP contribution is 2.40. The maximum Gasteiger partial charge on any atom is 0.333 e. The van der Waals surface area contributed by atoms with Gasteiger partial charge in [-0.25, -0.2) is 4.79 Å². The van der Waals surface area contributed by atoms with Crippen molar-refractivity contribution in [3.63, 3.8) is 0 Å². The predicted molar refractivity (Wildman–Crippen MR) is 197 cm³/mol. The van der Waals surface area contributed by atoms with Gasteiger partial charge in [-0.05, 0) is 82.1 Å². The number of aliphatic carboxylic acids is 1. The number of nitrogens with zero attached hydrogens (tertiary/aromatic N) is 1. The summed E-state index contributed by atoms with van der Waals surface area (Å²) in [6, 6.07) is 43.5. The Morgan fingerprint density at radius 1 is 0.735 bits per heavy atom. The average Bonchev–Trinajstić information content (AvgIpc) is 3.30. The molecule has 0 spiro atoms. The molecule has 0 saturated carbocycles. The molecule has 252 valence electrons. The minimum absolute atomic E-state index is 0.0875. The molecular formula is C44H47NO4. The molecule has 5 aromatic rings. The number of carboxylic acid groups (broad SMARTS) is 1. The Balaban J connectivity index is 1.27. The zero-order valence-corrected chi connectivity index (χ0v) is 29.0. The Kier molecular flexibility index (Phi) is 10.9. The van der Waals surface area contributed by atoms with Gasteiger partial charge in [0, 0.05) is 31.9 Å². The van der Waals surface area contributed by atoms with Gasteiger partial charge in [0.15, 0.2) is 6.10 Å². The first-order chi connectivity index (χ1) is 23.8. The lowest BCUT2D eigenvalue weighted by Gasteiger charge is -2.31. The third-order valence-corrected chi connectivity index (χ3v) is 10.2. The highest BCUT2D eigenvalue weighted by atomic mass is 16.5. The van der Waals surface area contributed by atoms with Crippen molar-refractivity contribution < 1.29 is 19.4 Å². The fraction of sp³-hybridized carbons (Fsp3) is 0.295. The molecule has 4 unspecified atom stereocenters. The second-order valence-corrected chi connectivity index (χ2v) is 13.3. The van der Waals surface area contributed by atoms with E-state index < -0.39 is 12.1 Å². The molecule has 1 aliphatic carbocycles. The maximum absolute atomic E-state index is 11.4. The Hall–Kier alpha value is -4.71. The molecule has 0 heterocycles. The molecule has 1 aliphatic rings. The fourth-order valence-electron chi connectivity index (χ4n) is 7.17. The topological polar surface area (TPSA) is 59.0 Å². The summed E-state index contributed by atoms with van der Waals surface area (Å²) in [5.74, 6) is 0.406. The lowest BCUT2D eigenvalue weighted by atomic mass is 9.86. The van der Waals surface area contributed by atoms with Crippen molar-refractivity contribution in [2.75, 3.05) is 27.3 Å². The number of likely N-dealkylation sites (N-methyl/N-ethyl adjacent to an activating group) is 1. The first-order valence-corrected chi connectivity index (χ1v) is 17.3. The van der Waals surface area contributed by atoms with Crippen molar-refractivity contribution in [3.8, 4) is 5.75 Å². The molecule has 0 aliphatic heterocycles. The van der Waals surface area contributed by atoms with E-state index in [0.29, 0.717) is 18.9 Å².